The van der Waals surface area contributed by atoms with Crippen molar-refractivity contribution in [1.29, 1.82) is 0 Å². The number of hydrogen-bond donors (Lipinski definition) is 5. The number of carbonyl (C=O) groups excluding carboxylic acids is 3. The third kappa shape index (κ3) is 15.7. The number of methoxy groups -OCH3 is 2. The van der Waals surface area contributed by atoms with E-state index >= 15 is 0 Å². The van der Waals surface area contributed by atoms with Crippen LogP contribution < -0.4 is 20.5 Å². The van der Waals surface area contributed by atoms with Crippen molar-refractivity contribution in [2.24, 2.45) is 5.73 Å². The van der Waals surface area contributed by atoms with E-state index in [9.17, 15) is 56.2 Å². The summed E-state index contributed by atoms with van der Waals surface area (Å²) < 4.78 is 63.1. The van der Waals surface area contributed by atoms with Gasteiger partial charge in [0, 0.05) is 18.6 Å². The van der Waals surface area contributed by atoms with Crippen LogP contribution in [0.3, 0.4) is 0 Å². The van der Waals surface area contributed by atoms with Crippen LogP contribution in [-0.2, 0) is 61.5 Å². The number of nitro groups is 2. The lowest BCUT2D eigenvalue weighted by molar-refractivity contribution is -0.388. The summed E-state index contributed by atoms with van der Waals surface area (Å²) in [4.78, 5) is 66.6. The molecular formula is C48H52N6O15S2. The fourth-order valence-electron chi connectivity index (χ4n) is 6.87. The van der Waals surface area contributed by atoms with E-state index in [4.69, 9.17) is 15.6 Å². The Bertz CT molecular complexity index is 3120. The first kappa shape index (κ1) is 55.9. The normalized spacial score (nSPS) is 12.9. The minimum absolute atomic E-state index is 0.0230. The molecule has 6 rings (SSSR count). The summed E-state index contributed by atoms with van der Waals surface area (Å²) in [6, 6.07) is 32.8. The highest BCUT2D eigenvalue weighted by Gasteiger charge is 2.33. The van der Waals surface area contributed by atoms with Crippen molar-refractivity contribution in [3.05, 3.63) is 165 Å². The number of aliphatic carboxylic acids is 1. The van der Waals surface area contributed by atoms with Crippen LogP contribution in [0.4, 0.5) is 11.4 Å². The zero-order valence-corrected chi connectivity index (χ0v) is 40.4. The Balaban J connectivity index is 0.000000256. The lowest BCUT2D eigenvalue weighted by atomic mass is 10.0. The van der Waals surface area contributed by atoms with Gasteiger partial charge in [0.05, 0.1) is 24.1 Å². The number of amides is 1. The highest BCUT2D eigenvalue weighted by Crippen LogP contribution is 2.25. The van der Waals surface area contributed by atoms with E-state index in [1.54, 1.807) is 6.92 Å². The van der Waals surface area contributed by atoms with Crippen molar-refractivity contribution in [2.75, 3.05) is 14.2 Å². The highest BCUT2D eigenvalue weighted by atomic mass is 32.2. The maximum atomic E-state index is 13.0. The van der Waals surface area contributed by atoms with Crippen molar-refractivity contribution in [3.8, 4) is 0 Å². The average molecular weight is 1020 g/mol. The summed E-state index contributed by atoms with van der Waals surface area (Å²) in [6.45, 7) is 3.06. The summed E-state index contributed by atoms with van der Waals surface area (Å²) in [5.41, 5.74) is 6.33. The Labute approximate surface area is 408 Å². The van der Waals surface area contributed by atoms with Crippen LogP contribution in [0.1, 0.15) is 37.8 Å². The molecule has 4 atom stereocenters. The number of carboxylic acids is 1. The molecule has 376 valence electrons. The van der Waals surface area contributed by atoms with E-state index in [0.717, 1.165) is 51.6 Å². The van der Waals surface area contributed by atoms with Gasteiger partial charge in [-0.2, -0.15) is 9.44 Å². The first-order valence-corrected chi connectivity index (χ1v) is 24.5. The van der Waals surface area contributed by atoms with E-state index in [2.05, 4.69) is 26.9 Å². The van der Waals surface area contributed by atoms with Gasteiger partial charge in [-0.15, -0.1) is 0 Å². The van der Waals surface area contributed by atoms with Gasteiger partial charge in [0.15, 0.2) is 9.79 Å². The number of hydrogen-bond acceptors (Lipinski definition) is 15. The van der Waals surface area contributed by atoms with Crippen LogP contribution in [0.2, 0.25) is 0 Å². The van der Waals surface area contributed by atoms with Gasteiger partial charge in [0.1, 0.15) is 24.2 Å². The first-order chi connectivity index (χ1) is 33.7. The van der Waals surface area contributed by atoms with Gasteiger partial charge in [-0.1, -0.05) is 123 Å². The van der Waals surface area contributed by atoms with Gasteiger partial charge in [0.25, 0.3) is 11.4 Å². The molecule has 0 aliphatic rings. The Morgan fingerprint density at radius 2 is 0.972 bits per heavy atom. The third-order valence-corrected chi connectivity index (χ3v) is 13.6. The molecule has 6 aromatic carbocycles. The molecule has 23 heteroatoms. The molecule has 0 saturated carbocycles. The fourth-order valence-corrected chi connectivity index (χ4v) is 9.76. The van der Waals surface area contributed by atoms with E-state index < -0.39 is 93.1 Å². The van der Waals surface area contributed by atoms with Crippen LogP contribution in [0.15, 0.2) is 143 Å². The minimum atomic E-state index is -4.41. The van der Waals surface area contributed by atoms with Gasteiger partial charge in [-0.25, -0.2) is 21.6 Å². The number of nitro benzene ring substituents is 2. The predicted molar refractivity (Wildman–Crippen MR) is 262 cm³/mol. The molecule has 0 fully saturated rings. The summed E-state index contributed by atoms with van der Waals surface area (Å²) in [5.74, 6) is -3.17. The predicted octanol–water partition coefficient (Wildman–Crippen LogP) is 5.32. The Morgan fingerprint density at radius 3 is 1.38 bits per heavy atom. The number of benzene rings is 6. The topological polar surface area (TPSA) is 324 Å². The lowest BCUT2D eigenvalue weighted by Gasteiger charge is -2.21. The molecular weight excluding hydrogens is 965 g/mol. The molecule has 1 amide bonds. The molecule has 0 saturated heterocycles. The zero-order chi connectivity index (χ0) is 52.5. The highest BCUT2D eigenvalue weighted by molar-refractivity contribution is 7.90. The van der Waals surface area contributed by atoms with Crippen molar-refractivity contribution in [3.63, 3.8) is 0 Å². The van der Waals surface area contributed by atoms with E-state index in [1.165, 1.54) is 50.8 Å². The molecule has 0 aliphatic carbocycles. The second-order valence-electron chi connectivity index (χ2n) is 15.4. The Morgan fingerprint density at radius 1 is 0.577 bits per heavy atom. The van der Waals surface area contributed by atoms with Crippen molar-refractivity contribution in [2.45, 2.75) is 73.5 Å². The van der Waals surface area contributed by atoms with Crippen LogP contribution in [0, 0.1) is 20.2 Å². The second-order valence-corrected chi connectivity index (χ2v) is 18.8. The van der Waals surface area contributed by atoms with E-state index in [1.807, 2.05) is 77.5 Å². The molecule has 0 aliphatic heterocycles. The number of sulfonamides is 2. The smallest absolute Gasteiger partial charge is 0.328 e. The number of nitrogens with two attached hydrogens (primary N) is 1. The number of carbonyl (C=O) groups is 4. The quantitative estimate of drug-likeness (QED) is 0.0389. The molecule has 21 nitrogen and oxygen atoms in total. The van der Waals surface area contributed by atoms with E-state index in [0.29, 0.717) is 6.42 Å². The van der Waals surface area contributed by atoms with Crippen molar-refractivity contribution in [1.82, 2.24) is 14.8 Å². The van der Waals surface area contributed by atoms with Crippen LogP contribution >= 0.6 is 0 Å². The number of nitrogens with zero attached hydrogens (tertiary/aromatic N) is 2. The summed E-state index contributed by atoms with van der Waals surface area (Å²) >= 11 is 0. The number of esters is 2. The van der Waals surface area contributed by atoms with Gasteiger partial charge < -0.3 is 25.6 Å². The maximum absolute atomic E-state index is 13.0. The van der Waals surface area contributed by atoms with Gasteiger partial charge in [-0.3, -0.25) is 34.6 Å². The molecule has 71 heavy (non-hydrogen) atoms. The lowest BCUT2D eigenvalue weighted by Crippen LogP contribution is -2.52. The van der Waals surface area contributed by atoms with Crippen LogP contribution in [0.5, 0.6) is 0 Å². The van der Waals surface area contributed by atoms with Crippen LogP contribution in [0.25, 0.3) is 21.5 Å². The summed E-state index contributed by atoms with van der Waals surface area (Å²) in [6.07, 6.45) is 0.679. The zero-order valence-electron chi connectivity index (χ0n) is 38.8. The summed E-state index contributed by atoms with van der Waals surface area (Å²) in [7, 11) is -6.13. The number of fused-ring (bicyclic) bond motifs is 2. The number of nitrogens with one attached hydrogen (secondary N) is 3. The summed E-state index contributed by atoms with van der Waals surface area (Å²) in [5, 5.41) is 37.7. The van der Waals surface area contributed by atoms with E-state index in [-0.39, 0.29) is 25.2 Å². The maximum Gasteiger partial charge on any atom is 0.328 e. The molecule has 0 heterocycles. The molecule has 0 spiro atoms. The fraction of sp³-hybridized carbons (Fsp3) is 0.250. The largest absolute Gasteiger partial charge is 0.480 e. The van der Waals surface area contributed by atoms with Crippen LogP contribution in [-0.4, -0.2) is 94.0 Å². The number of rotatable bonds is 19. The third-order valence-electron chi connectivity index (χ3n) is 10.6. The number of carboxylic acid groups (broad SMARTS) is 1. The van der Waals surface area contributed by atoms with Gasteiger partial charge in [-0.05, 0) is 64.1 Å². The molecule has 0 bridgehead atoms. The molecule has 0 unspecified atom stereocenters. The Hall–Kier alpha value is -7.70. The van der Waals surface area contributed by atoms with Gasteiger partial charge >= 0.3 is 17.9 Å². The van der Waals surface area contributed by atoms with Crippen molar-refractivity contribution < 1.29 is 60.4 Å². The first-order valence-electron chi connectivity index (χ1n) is 21.6. The molecule has 0 radical (unpaired) electrons. The molecule has 0 aromatic heterocycles. The van der Waals surface area contributed by atoms with Gasteiger partial charge in [0.2, 0.25) is 26.0 Å². The standard InChI is InChI=1S/C24H25N3O7S.C14H15NO2.C10H12N2O6S/c1-3-19(26-35(32,33)22-11-7-6-10-21(22)27(30)31)23(28)25-20(24(29)34-2)15-16-12-13-17-8-4-5-9-18(17)14-16;1-17-14(16)13(15)9-10-6-7-11-4-2-3-5-12(11)8-10;1-2-7(10(13)14)11-19(17,18)9-6-4-3-5-8(9)12(15)16/h4-14,19-20,26H,3,15H2,1-2H3,(H,25,28);2-8,13H,9,15H2,1H3;3-7,11H,2H2,1H3,(H,13,14)/t19-,20-;13-;7-/m000/s1. The number of para-hydroxylation sites is 2. The SMILES string of the molecule is CC[C@H](NS(=O)(=O)c1ccccc1[N+](=O)[O-])C(=O)N[C@@H](Cc1ccc2ccccc2c1)C(=O)OC.CC[C@H](NS(=O)(=O)c1ccccc1[N+](=O)[O-])C(=O)O.COC(=O)[C@@H](N)Cc1ccc2ccccc2c1. The number of ether oxygens (including phenoxy) is 2. The van der Waals surface area contributed by atoms with Crippen molar-refractivity contribution >= 4 is 76.8 Å². The average Bonchev–Trinajstić information content (AvgIpc) is 3.36. The monoisotopic (exact) mass is 1020 g/mol. The molecule has 6 aromatic rings. The Kier molecular flexibility index (Phi) is 20.3. The second kappa shape index (κ2) is 25.8. The molecule has 6 N–H and O–H groups in total. The minimum Gasteiger partial charge on any atom is -0.480 e.